The van der Waals surface area contributed by atoms with Gasteiger partial charge in [0.15, 0.2) is 0 Å². The molecule has 160 valence electrons. The van der Waals surface area contributed by atoms with E-state index < -0.39 is 0 Å². The van der Waals surface area contributed by atoms with Gasteiger partial charge in [-0.25, -0.2) is 0 Å². The Morgan fingerprint density at radius 3 is 2.71 bits per heavy atom. The summed E-state index contributed by atoms with van der Waals surface area (Å²) in [6.07, 6.45) is 3.96. The van der Waals surface area contributed by atoms with Gasteiger partial charge in [-0.3, -0.25) is 19.7 Å². The van der Waals surface area contributed by atoms with E-state index in [9.17, 15) is 4.79 Å². The molecule has 1 saturated heterocycles. The molecule has 2 aromatic heterocycles. The molecule has 0 unspecified atom stereocenters. The lowest BCUT2D eigenvalue weighted by Crippen LogP contribution is -2.43. The second-order valence-electron chi connectivity index (χ2n) is 8.43. The SMILES string of the molecule is Cc1cccc(CN2CCC[C@@H]([C@H](NC(=O)c3ccccc3C)c3ccccn3)C2)n1. The molecule has 1 aliphatic rings. The van der Waals surface area contributed by atoms with Crippen LogP contribution in [0.1, 0.15) is 51.9 Å². The Balaban J connectivity index is 1.53. The van der Waals surface area contributed by atoms with Crippen molar-refractivity contribution in [3.05, 3.63) is 95.1 Å². The average molecular weight is 415 g/mol. The van der Waals surface area contributed by atoms with Crippen LogP contribution in [0.25, 0.3) is 0 Å². The number of carbonyl (C=O) groups is 1. The number of nitrogens with one attached hydrogen (secondary N) is 1. The van der Waals surface area contributed by atoms with Gasteiger partial charge in [0.05, 0.1) is 17.4 Å². The first-order chi connectivity index (χ1) is 15.1. The minimum absolute atomic E-state index is 0.0359. The molecule has 1 N–H and O–H groups in total. The number of carbonyl (C=O) groups excluding carboxylic acids is 1. The Hall–Kier alpha value is -3.05. The normalized spacial score (nSPS) is 17.8. The van der Waals surface area contributed by atoms with Crippen LogP contribution in [0.15, 0.2) is 66.9 Å². The van der Waals surface area contributed by atoms with E-state index in [1.165, 1.54) is 0 Å². The van der Waals surface area contributed by atoms with Gasteiger partial charge in [0.2, 0.25) is 0 Å². The van der Waals surface area contributed by atoms with Gasteiger partial charge < -0.3 is 5.32 Å². The van der Waals surface area contributed by atoms with E-state index in [2.05, 4.69) is 32.3 Å². The Morgan fingerprint density at radius 2 is 1.94 bits per heavy atom. The maximum absolute atomic E-state index is 13.1. The van der Waals surface area contributed by atoms with E-state index in [-0.39, 0.29) is 11.9 Å². The lowest BCUT2D eigenvalue weighted by atomic mass is 9.88. The first kappa shape index (κ1) is 21.2. The summed E-state index contributed by atoms with van der Waals surface area (Å²) >= 11 is 0. The number of likely N-dealkylation sites (tertiary alicyclic amines) is 1. The number of rotatable bonds is 6. The van der Waals surface area contributed by atoms with E-state index in [0.717, 1.165) is 60.7 Å². The van der Waals surface area contributed by atoms with Crippen LogP contribution in [-0.4, -0.2) is 33.9 Å². The minimum Gasteiger partial charge on any atom is -0.343 e. The Kier molecular flexibility index (Phi) is 6.73. The molecule has 1 aromatic carbocycles. The topological polar surface area (TPSA) is 58.1 Å². The van der Waals surface area contributed by atoms with Gasteiger partial charge in [0.1, 0.15) is 0 Å². The summed E-state index contributed by atoms with van der Waals surface area (Å²) in [5.74, 6) is 0.257. The maximum Gasteiger partial charge on any atom is 0.252 e. The highest BCUT2D eigenvalue weighted by Gasteiger charge is 2.31. The number of nitrogens with zero attached hydrogens (tertiary/aromatic N) is 3. The van der Waals surface area contributed by atoms with E-state index >= 15 is 0 Å². The molecule has 2 atom stereocenters. The van der Waals surface area contributed by atoms with Gasteiger partial charge in [-0.05, 0) is 75.0 Å². The lowest BCUT2D eigenvalue weighted by molar-refractivity contribution is 0.0873. The molecule has 0 aliphatic carbocycles. The van der Waals surface area contributed by atoms with E-state index in [0.29, 0.717) is 5.92 Å². The third-order valence-electron chi connectivity index (χ3n) is 6.03. The molecule has 4 rings (SSSR count). The standard InChI is InChI=1S/C26H30N4O/c1-19-9-3-4-13-23(19)26(31)29-25(24-14-5-6-15-27-24)21-11-8-16-30(17-21)18-22-12-7-10-20(2)28-22/h3-7,9-10,12-15,21,25H,8,11,16-18H2,1-2H3,(H,29,31)/t21-,25+/m1/s1. The van der Waals surface area contributed by atoms with Crippen LogP contribution in [0.2, 0.25) is 0 Å². The zero-order valence-electron chi connectivity index (χ0n) is 18.3. The smallest absolute Gasteiger partial charge is 0.252 e. The summed E-state index contributed by atoms with van der Waals surface area (Å²) in [4.78, 5) is 24.9. The van der Waals surface area contributed by atoms with Crippen molar-refractivity contribution < 1.29 is 4.79 Å². The fourth-order valence-electron chi connectivity index (χ4n) is 4.46. The van der Waals surface area contributed by atoms with E-state index in [4.69, 9.17) is 0 Å². The third-order valence-corrected chi connectivity index (χ3v) is 6.03. The highest BCUT2D eigenvalue weighted by Crippen LogP contribution is 2.30. The highest BCUT2D eigenvalue weighted by molar-refractivity contribution is 5.95. The minimum atomic E-state index is -0.124. The molecule has 1 amide bonds. The van der Waals surface area contributed by atoms with E-state index in [1.807, 2.05) is 62.4 Å². The number of amides is 1. The third kappa shape index (κ3) is 5.36. The predicted molar refractivity (Wildman–Crippen MR) is 123 cm³/mol. The van der Waals surface area contributed by atoms with Crippen molar-refractivity contribution in [3.63, 3.8) is 0 Å². The van der Waals surface area contributed by atoms with E-state index in [1.54, 1.807) is 6.20 Å². The summed E-state index contributed by atoms with van der Waals surface area (Å²) in [7, 11) is 0. The summed E-state index contributed by atoms with van der Waals surface area (Å²) in [5, 5.41) is 3.31. The fourth-order valence-corrected chi connectivity index (χ4v) is 4.46. The fraction of sp³-hybridized carbons (Fsp3) is 0.346. The molecule has 3 aromatic rings. The summed E-state index contributed by atoms with van der Waals surface area (Å²) < 4.78 is 0. The average Bonchev–Trinajstić information content (AvgIpc) is 2.78. The second kappa shape index (κ2) is 9.84. The number of benzene rings is 1. The van der Waals surface area contributed by atoms with Gasteiger partial charge in [0.25, 0.3) is 5.91 Å². The molecular weight excluding hydrogens is 384 g/mol. The highest BCUT2D eigenvalue weighted by atomic mass is 16.1. The van der Waals surface area contributed by atoms with Gasteiger partial charge in [-0.15, -0.1) is 0 Å². The summed E-state index contributed by atoms with van der Waals surface area (Å²) in [5.41, 5.74) is 4.77. The predicted octanol–water partition coefficient (Wildman–Crippen LogP) is 4.48. The van der Waals surface area contributed by atoms with Crippen molar-refractivity contribution in [1.82, 2.24) is 20.2 Å². The molecule has 1 fully saturated rings. The molecule has 0 radical (unpaired) electrons. The second-order valence-corrected chi connectivity index (χ2v) is 8.43. The van der Waals surface area contributed by atoms with Crippen LogP contribution in [-0.2, 0) is 6.54 Å². The Morgan fingerprint density at radius 1 is 1.10 bits per heavy atom. The van der Waals surface area contributed by atoms with Crippen molar-refractivity contribution in [1.29, 1.82) is 0 Å². The maximum atomic E-state index is 13.1. The van der Waals surface area contributed by atoms with Crippen molar-refractivity contribution in [3.8, 4) is 0 Å². The van der Waals surface area contributed by atoms with Crippen LogP contribution >= 0.6 is 0 Å². The molecular formula is C26H30N4O. The number of piperidine rings is 1. The van der Waals surface area contributed by atoms with Crippen LogP contribution in [0.5, 0.6) is 0 Å². The molecule has 0 spiro atoms. The van der Waals surface area contributed by atoms with Crippen molar-refractivity contribution in [2.45, 2.75) is 39.3 Å². The summed E-state index contributed by atoms with van der Waals surface area (Å²) in [6, 6.07) is 19.7. The van der Waals surface area contributed by atoms with Crippen LogP contribution in [0.4, 0.5) is 0 Å². The first-order valence-corrected chi connectivity index (χ1v) is 11.0. The zero-order valence-corrected chi connectivity index (χ0v) is 18.3. The summed E-state index contributed by atoms with van der Waals surface area (Å²) in [6.45, 7) is 6.79. The molecule has 0 saturated carbocycles. The van der Waals surface area contributed by atoms with Crippen molar-refractivity contribution >= 4 is 5.91 Å². The van der Waals surface area contributed by atoms with Gasteiger partial charge in [-0.1, -0.05) is 30.3 Å². The molecule has 5 nitrogen and oxygen atoms in total. The molecule has 3 heterocycles. The van der Waals surface area contributed by atoms with Gasteiger partial charge >= 0.3 is 0 Å². The monoisotopic (exact) mass is 414 g/mol. The number of hydrogen-bond acceptors (Lipinski definition) is 4. The Labute approximate surface area is 184 Å². The number of pyridine rings is 2. The van der Waals surface area contributed by atoms with Crippen molar-refractivity contribution in [2.75, 3.05) is 13.1 Å². The Bertz CT molecular complexity index is 1020. The number of aromatic nitrogens is 2. The molecule has 1 aliphatic heterocycles. The number of hydrogen-bond donors (Lipinski definition) is 1. The van der Waals surface area contributed by atoms with Crippen LogP contribution in [0, 0.1) is 19.8 Å². The molecule has 0 bridgehead atoms. The first-order valence-electron chi connectivity index (χ1n) is 11.0. The zero-order chi connectivity index (χ0) is 21.6. The van der Waals surface area contributed by atoms with Crippen LogP contribution in [0.3, 0.4) is 0 Å². The van der Waals surface area contributed by atoms with Crippen molar-refractivity contribution in [2.24, 2.45) is 5.92 Å². The largest absolute Gasteiger partial charge is 0.343 e. The van der Waals surface area contributed by atoms with Gasteiger partial charge in [-0.2, -0.15) is 0 Å². The van der Waals surface area contributed by atoms with Crippen LogP contribution < -0.4 is 5.32 Å². The molecule has 5 heteroatoms. The molecule has 31 heavy (non-hydrogen) atoms. The van der Waals surface area contributed by atoms with Gasteiger partial charge in [0, 0.05) is 30.5 Å². The number of aryl methyl sites for hydroxylation is 2. The lowest BCUT2D eigenvalue weighted by Gasteiger charge is -2.37. The quantitative estimate of drug-likeness (QED) is 0.646.